The van der Waals surface area contributed by atoms with E-state index < -0.39 is 0 Å². The molecule has 0 atom stereocenters. The van der Waals surface area contributed by atoms with Gasteiger partial charge in [-0.1, -0.05) is 17.7 Å². The zero-order valence-electron chi connectivity index (χ0n) is 8.55. The minimum absolute atomic E-state index is 0.204. The van der Waals surface area contributed by atoms with Crippen LogP contribution < -0.4 is 4.90 Å². The van der Waals surface area contributed by atoms with Crippen molar-refractivity contribution in [3.8, 4) is 0 Å². The van der Waals surface area contributed by atoms with Crippen LogP contribution in [0.5, 0.6) is 0 Å². The zero-order valence-corrected chi connectivity index (χ0v) is 8.55. The van der Waals surface area contributed by atoms with Crippen molar-refractivity contribution in [3.63, 3.8) is 0 Å². The van der Waals surface area contributed by atoms with Crippen molar-refractivity contribution in [1.82, 2.24) is 0 Å². The minimum atomic E-state index is 0.204. The normalized spacial score (nSPS) is 9.40. The molecule has 0 spiro atoms. The molecule has 0 aliphatic rings. The van der Waals surface area contributed by atoms with Gasteiger partial charge in [0.25, 0.3) is 6.47 Å². The Balaban J connectivity index is 2.61. The highest BCUT2D eigenvalue weighted by atomic mass is 16.5. The summed E-state index contributed by atoms with van der Waals surface area (Å²) >= 11 is 0. The average Bonchev–Trinajstić information content (AvgIpc) is 2.26. The minimum Gasteiger partial charge on any atom is -0.466 e. The van der Waals surface area contributed by atoms with Crippen LogP contribution in [0.4, 0.5) is 5.69 Å². The number of nitrogens with zero attached hydrogens (tertiary/aromatic N) is 1. The fraction of sp³-hybridized carbons (Fsp3) is 0.273. The number of rotatable bonds is 6. The highest BCUT2D eigenvalue weighted by molar-refractivity contribution is 5.74. The van der Waals surface area contributed by atoms with E-state index in [-0.39, 0.29) is 6.61 Å². The van der Waals surface area contributed by atoms with Gasteiger partial charge in [-0.3, -0.25) is 9.59 Å². The molecule has 4 nitrogen and oxygen atoms in total. The molecule has 0 aliphatic heterocycles. The molecule has 0 heterocycles. The molecule has 15 heavy (non-hydrogen) atoms. The molecule has 0 bridgehead atoms. The van der Waals surface area contributed by atoms with Crippen LogP contribution in [0.1, 0.15) is 5.56 Å². The maximum Gasteiger partial charge on any atom is 0.293 e. The molecule has 80 valence electrons. The van der Waals surface area contributed by atoms with Crippen molar-refractivity contribution < 1.29 is 14.3 Å². The highest BCUT2D eigenvalue weighted by Gasteiger charge is 2.03. The Morgan fingerprint density at radius 1 is 1.27 bits per heavy atom. The SMILES string of the molecule is Cc1ccc(N(C=O)CCOC=O)cc1. The van der Waals surface area contributed by atoms with E-state index in [9.17, 15) is 9.59 Å². The molecule has 1 amide bonds. The summed E-state index contributed by atoms with van der Waals surface area (Å²) in [6.45, 7) is 2.92. The number of benzene rings is 1. The topological polar surface area (TPSA) is 46.6 Å². The van der Waals surface area contributed by atoms with E-state index in [1.165, 1.54) is 4.90 Å². The summed E-state index contributed by atoms with van der Waals surface area (Å²) in [7, 11) is 0. The molecule has 1 aromatic carbocycles. The van der Waals surface area contributed by atoms with E-state index in [1.54, 1.807) is 0 Å². The van der Waals surface area contributed by atoms with Crippen LogP contribution in [-0.4, -0.2) is 26.0 Å². The van der Waals surface area contributed by atoms with E-state index in [2.05, 4.69) is 4.74 Å². The second-order valence-electron chi connectivity index (χ2n) is 3.10. The van der Waals surface area contributed by atoms with Gasteiger partial charge in [-0.25, -0.2) is 0 Å². The Labute approximate surface area is 88.5 Å². The highest BCUT2D eigenvalue weighted by Crippen LogP contribution is 2.12. The first-order chi connectivity index (χ1) is 7.27. The van der Waals surface area contributed by atoms with E-state index >= 15 is 0 Å². The van der Waals surface area contributed by atoms with Crippen molar-refractivity contribution in [3.05, 3.63) is 29.8 Å². The lowest BCUT2D eigenvalue weighted by molar-refractivity contribution is -0.128. The molecule has 0 N–H and O–H groups in total. The molecular weight excluding hydrogens is 194 g/mol. The predicted molar refractivity (Wildman–Crippen MR) is 56.6 cm³/mol. The van der Waals surface area contributed by atoms with Crippen molar-refractivity contribution in [1.29, 1.82) is 0 Å². The zero-order chi connectivity index (χ0) is 11.1. The number of carbonyl (C=O) groups is 2. The fourth-order valence-electron chi connectivity index (χ4n) is 1.18. The first-order valence-electron chi connectivity index (χ1n) is 4.62. The number of ether oxygens (including phenoxy) is 1. The van der Waals surface area contributed by atoms with Crippen LogP contribution in [0.25, 0.3) is 0 Å². The van der Waals surface area contributed by atoms with Crippen molar-refractivity contribution >= 4 is 18.6 Å². The van der Waals surface area contributed by atoms with Gasteiger partial charge in [0, 0.05) is 5.69 Å². The van der Waals surface area contributed by atoms with Crippen LogP contribution in [0.15, 0.2) is 24.3 Å². The van der Waals surface area contributed by atoms with Crippen molar-refractivity contribution in [2.45, 2.75) is 6.92 Å². The quantitative estimate of drug-likeness (QED) is 0.519. The lowest BCUT2D eigenvalue weighted by Gasteiger charge is -2.16. The Morgan fingerprint density at radius 3 is 2.47 bits per heavy atom. The van der Waals surface area contributed by atoms with Crippen LogP contribution in [0.2, 0.25) is 0 Å². The summed E-state index contributed by atoms with van der Waals surface area (Å²) in [5.74, 6) is 0. The number of hydrogen-bond donors (Lipinski definition) is 0. The van der Waals surface area contributed by atoms with E-state index in [1.807, 2.05) is 31.2 Å². The molecule has 0 saturated heterocycles. The summed E-state index contributed by atoms with van der Waals surface area (Å²) in [4.78, 5) is 22.2. The van der Waals surface area contributed by atoms with Crippen LogP contribution >= 0.6 is 0 Å². The smallest absolute Gasteiger partial charge is 0.293 e. The lowest BCUT2D eigenvalue weighted by atomic mass is 10.2. The first kappa shape index (κ1) is 11.2. The van der Waals surface area contributed by atoms with Gasteiger partial charge in [-0.05, 0) is 19.1 Å². The third-order valence-electron chi connectivity index (χ3n) is 2.01. The molecule has 4 heteroatoms. The van der Waals surface area contributed by atoms with E-state index in [4.69, 9.17) is 0 Å². The molecule has 1 rings (SSSR count). The Morgan fingerprint density at radius 2 is 1.93 bits per heavy atom. The maximum absolute atomic E-state index is 10.8. The summed E-state index contributed by atoms with van der Waals surface area (Å²) in [5, 5.41) is 0. The summed E-state index contributed by atoms with van der Waals surface area (Å²) in [6.07, 6.45) is 0.721. The molecule has 0 aromatic heterocycles. The van der Waals surface area contributed by atoms with E-state index in [0.29, 0.717) is 13.0 Å². The van der Waals surface area contributed by atoms with Gasteiger partial charge in [-0.2, -0.15) is 0 Å². The van der Waals surface area contributed by atoms with E-state index in [0.717, 1.165) is 17.7 Å². The summed E-state index contributed by atoms with van der Waals surface area (Å²) < 4.78 is 4.53. The largest absolute Gasteiger partial charge is 0.466 e. The Hall–Kier alpha value is -1.84. The van der Waals surface area contributed by atoms with Gasteiger partial charge in [0.1, 0.15) is 6.61 Å². The second kappa shape index (κ2) is 5.80. The number of hydrogen-bond acceptors (Lipinski definition) is 3. The van der Waals surface area contributed by atoms with Gasteiger partial charge < -0.3 is 9.64 Å². The second-order valence-corrected chi connectivity index (χ2v) is 3.10. The Bertz CT molecular complexity index is 321. The number of anilines is 1. The molecule has 0 unspecified atom stereocenters. The molecule has 0 fully saturated rings. The van der Waals surface area contributed by atoms with Gasteiger partial charge >= 0.3 is 0 Å². The monoisotopic (exact) mass is 207 g/mol. The van der Waals surface area contributed by atoms with Gasteiger partial charge in [0.2, 0.25) is 6.41 Å². The number of carbonyl (C=O) groups excluding carboxylic acids is 2. The lowest BCUT2D eigenvalue weighted by Crippen LogP contribution is -2.25. The number of aryl methyl sites for hydroxylation is 1. The average molecular weight is 207 g/mol. The van der Waals surface area contributed by atoms with Crippen molar-refractivity contribution in [2.24, 2.45) is 0 Å². The standard InChI is InChI=1S/C11H13NO3/c1-10-2-4-11(5-3-10)12(8-13)6-7-15-9-14/h2-5,8-9H,6-7H2,1H3. The van der Waals surface area contributed by atoms with Crippen LogP contribution in [0, 0.1) is 6.92 Å². The maximum atomic E-state index is 10.8. The molecular formula is C11H13NO3. The number of amides is 1. The first-order valence-corrected chi connectivity index (χ1v) is 4.62. The predicted octanol–water partition coefficient (Wildman–Crippen LogP) is 1.13. The van der Waals surface area contributed by atoms with Gasteiger partial charge in [0.05, 0.1) is 6.54 Å². The summed E-state index contributed by atoms with van der Waals surface area (Å²) in [6, 6.07) is 7.55. The Kier molecular flexibility index (Phi) is 4.34. The molecule has 0 radical (unpaired) electrons. The molecule has 0 saturated carbocycles. The molecule has 0 aliphatic carbocycles. The van der Waals surface area contributed by atoms with Crippen LogP contribution in [-0.2, 0) is 14.3 Å². The summed E-state index contributed by atoms with van der Waals surface area (Å²) in [5.41, 5.74) is 1.93. The third kappa shape index (κ3) is 3.42. The van der Waals surface area contributed by atoms with Crippen LogP contribution in [0.3, 0.4) is 0 Å². The van der Waals surface area contributed by atoms with Crippen molar-refractivity contribution in [2.75, 3.05) is 18.1 Å². The van der Waals surface area contributed by atoms with Gasteiger partial charge in [0.15, 0.2) is 0 Å². The van der Waals surface area contributed by atoms with Gasteiger partial charge in [-0.15, -0.1) is 0 Å². The molecule has 1 aromatic rings. The fourth-order valence-corrected chi connectivity index (χ4v) is 1.18. The third-order valence-corrected chi connectivity index (χ3v) is 2.01.